The summed E-state index contributed by atoms with van der Waals surface area (Å²) in [7, 11) is 0. The van der Waals surface area contributed by atoms with E-state index in [1.165, 1.54) is 102 Å². The van der Waals surface area contributed by atoms with Crippen LogP contribution in [0, 0.1) is 27.7 Å². The molecule has 0 fully saturated rings. The van der Waals surface area contributed by atoms with Gasteiger partial charge in [0.05, 0.1) is 0 Å². The third kappa shape index (κ3) is 6.10. The molecule has 0 spiro atoms. The summed E-state index contributed by atoms with van der Waals surface area (Å²) in [6.07, 6.45) is 0. The molecule has 8 heterocycles. The van der Waals surface area contributed by atoms with Crippen molar-refractivity contribution in [3.63, 3.8) is 0 Å². The smallest absolute Gasteiger partial charge is 0.0478 e. The lowest BCUT2D eigenvalue weighted by atomic mass is 10.1. The van der Waals surface area contributed by atoms with Gasteiger partial charge in [-0.1, -0.05) is 24.3 Å². The van der Waals surface area contributed by atoms with Gasteiger partial charge in [0.25, 0.3) is 0 Å². The van der Waals surface area contributed by atoms with Crippen LogP contribution in [0.25, 0.3) is 79.4 Å². The second-order valence-electron chi connectivity index (χ2n) is 12.3. The molecule has 0 bridgehead atoms. The molecule has 8 aromatic heterocycles. The summed E-state index contributed by atoms with van der Waals surface area (Å²) in [6, 6.07) is 36.7. The Bertz CT molecular complexity index is 2410. The van der Waals surface area contributed by atoms with Gasteiger partial charge in [-0.15, -0.1) is 90.7 Å². The fraction of sp³-hybridized carbons (Fsp3) is 0.0952. The fourth-order valence-electron chi connectivity index (χ4n) is 6.16. The van der Waals surface area contributed by atoms with Crippen molar-refractivity contribution in [2.45, 2.75) is 27.7 Å². The molecule has 0 aliphatic rings. The highest BCUT2D eigenvalue weighted by Crippen LogP contribution is 2.48. The quantitative estimate of drug-likeness (QED) is 0.144. The lowest BCUT2D eigenvalue weighted by Crippen LogP contribution is -1.75. The highest BCUT2D eigenvalue weighted by Gasteiger charge is 2.17. The van der Waals surface area contributed by atoms with Crippen LogP contribution in [-0.2, 0) is 0 Å². The van der Waals surface area contributed by atoms with Crippen LogP contribution < -0.4 is 0 Å². The minimum absolute atomic E-state index is 1.28. The van der Waals surface area contributed by atoms with Gasteiger partial charge in [0.1, 0.15) is 0 Å². The predicted octanol–water partition coefficient (Wildman–Crippen LogP) is 16.7. The Morgan fingerprint density at radius 2 is 0.600 bits per heavy atom. The lowest BCUT2D eigenvalue weighted by Gasteiger charge is -2.01. The van der Waals surface area contributed by atoms with Gasteiger partial charge in [-0.3, -0.25) is 0 Å². The van der Waals surface area contributed by atoms with Gasteiger partial charge in [0, 0.05) is 68.3 Å². The van der Waals surface area contributed by atoms with Gasteiger partial charge < -0.3 is 0 Å². The topological polar surface area (TPSA) is 0 Å². The molecule has 0 radical (unpaired) electrons. The normalized spacial score (nSPS) is 11.6. The molecule has 0 saturated heterocycles. The maximum absolute atomic E-state index is 2.36. The Labute approximate surface area is 324 Å². The summed E-state index contributed by atoms with van der Waals surface area (Å²) in [5.74, 6) is 0. The number of benzene rings is 1. The van der Waals surface area contributed by atoms with E-state index >= 15 is 0 Å². The molecular weight excluding hydrogens is 761 g/mol. The summed E-state index contributed by atoms with van der Waals surface area (Å²) in [4.78, 5) is 19.0. The SMILES string of the molecule is Cc1ccsc1-c1ccc(-c2ccc(-c3sc(-c4ccc(-c5cc(C)c(-c6ccc(-c7ccc(-c8sccc8C)s7)s6)s5)cc4)cc3C)s2)s1. The van der Waals surface area contributed by atoms with Crippen molar-refractivity contribution in [3.05, 3.63) is 130 Å². The van der Waals surface area contributed by atoms with Crippen molar-refractivity contribution >= 4 is 90.7 Å². The van der Waals surface area contributed by atoms with E-state index in [1.807, 2.05) is 90.7 Å². The first-order valence-electron chi connectivity index (χ1n) is 16.2. The molecule has 0 aliphatic heterocycles. The van der Waals surface area contributed by atoms with E-state index in [-0.39, 0.29) is 0 Å². The Kier molecular flexibility index (Phi) is 8.78. The summed E-state index contributed by atoms with van der Waals surface area (Å²) >= 11 is 15.1. The van der Waals surface area contributed by atoms with Crippen molar-refractivity contribution in [2.24, 2.45) is 0 Å². The number of aryl methyl sites for hydroxylation is 4. The van der Waals surface area contributed by atoms with E-state index in [9.17, 15) is 0 Å². The van der Waals surface area contributed by atoms with Gasteiger partial charge in [-0.25, -0.2) is 0 Å². The van der Waals surface area contributed by atoms with Gasteiger partial charge in [-0.2, -0.15) is 0 Å². The summed E-state index contributed by atoms with van der Waals surface area (Å²) < 4.78 is 0. The molecule has 8 heteroatoms. The van der Waals surface area contributed by atoms with Crippen molar-refractivity contribution in [1.82, 2.24) is 0 Å². The average Bonchev–Trinajstić information content (AvgIpc) is 3.93. The van der Waals surface area contributed by atoms with E-state index in [0.29, 0.717) is 0 Å². The van der Waals surface area contributed by atoms with E-state index in [1.54, 1.807) is 0 Å². The molecule has 246 valence electrons. The van der Waals surface area contributed by atoms with Crippen LogP contribution in [0.1, 0.15) is 22.3 Å². The Balaban J connectivity index is 0.921. The van der Waals surface area contributed by atoms with Gasteiger partial charge >= 0.3 is 0 Å². The van der Waals surface area contributed by atoms with E-state index in [0.717, 1.165) is 0 Å². The summed E-state index contributed by atoms with van der Waals surface area (Å²) in [5, 5.41) is 4.37. The minimum atomic E-state index is 1.28. The number of thiophene rings is 8. The molecule has 0 N–H and O–H groups in total. The van der Waals surface area contributed by atoms with E-state index in [2.05, 4.69) is 136 Å². The fourth-order valence-corrected chi connectivity index (χ4v) is 15.3. The van der Waals surface area contributed by atoms with Crippen LogP contribution in [-0.4, -0.2) is 0 Å². The van der Waals surface area contributed by atoms with Crippen molar-refractivity contribution < 1.29 is 0 Å². The average molecular weight is 791 g/mol. The molecule has 0 unspecified atom stereocenters. The lowest BCUT2D eigenvalue weighted by molar-refractivity contribution is 1.54. The molecule has 50 heavy (non-hydrogen) atoms. The molecule has 0 aliphatic carbocycles. The van der Waals surface area contributed by atoms with Crippen LogP contribution in [0.3, 0.4) is 0 Å². The molecular formula is C42H30S8. The number of hydrogen-bond acceptors (Lipinski definition) is 8. The van der Waals surface area contributed by atoms with Crippen LogP contribution in [0.15, 0.2) is 108 Å². The third-order valence-corrected chi connectivity index (χ3v) is 18.9. The Hall–Kier alpha value is -3.18. The predicted molar refractivity (Wildman–Crippen MR) is 232 cm³/mol. The standard InChI is InChI=1S/C42H30S8/c1-23-17-19-43-39(23)33-13-9-29(45-33)31-11-15-35(47-31)41-25(3)21-37(49-41)27-5-7-28(8-6-27)38-22-26(4)42(50-38)36-16-12-32(48-36)30-10-14-34(46-30)40-24(2)18-20-44-40/h5-22H,1-4H3. The van der Waals surface area contributed by atoms with Crippen LogP contribution >= 0.6 is 90.7 Å². The summed E-state index contributed by atoms with van der Waals surface area (Å²) in [5.41, 5.74) is 7.98. The molecule has 9 rings (SSSR count). The number of hydrogen-bond donors (Lipinski definition) is 0. The molecule has 0 saturated carbocycles. The first-order chi connectivity index (χ1) is 24.4. The minimum Gasteiger partial charge on any atom is -0.143 e. The van der Waals surface area contributed by atoms with Gasteiger partial charge in [-0.05, 0) is 145 Å². The molecule has 0 nitrogen and oxygen atoms in total. The zero-order chi connectivity index (χ0) is 33.9. The first-order valence-corrected chi connectivity index (χ1v) is 22.9. The van der Waals surface area contributed by atoms with Crippen molar-refractivity contribution in [3.8, 4) is 79.4 Å². The van der Waals surface area contributed by atoms with Crippen molar-refractivity contribution in [1.29, 1.82) is 0 Å². The third-order valence-electron chi connectivity index (χ3n) is 8.82. The van der Waals surface area contributed by atoms with E-state index < -0.39 is 0 Å². The Morgan fingerprint density at radius 1 is 0.280 bits per heavy atom. The molecule has 0 atom stereocenters. The van der Waals surface area contributed by atoms with Crippen LogP contribution in [0.5, 0.6) is 0 Å². The van der Waals surface area contributed by atoms with Crippen molar-refractivity contribution in [2.75, 3.05) is 0 Å². The van der Waals surface area contributed by atoms with Crippen LogP contribution in [0.2, 0.25) is 0 Å². The molecule has 9 aromatic rings. The highest BCUT2D eigenvalue weighted by molar-refractivity contribution is 7.30. The number of rotatable bonds is 8. The highest BCUT2D eigenvalue weighted by atomic mass is 32.1. The van der Waals surface area contributed by atoms with E-state index in [4.69, 9.17) is 0 Å². The van der Waals surface area contributed by atoms with Gasteiger partial charge in [0.15, 0.2) is 0 Å². The van der Waals surface area contributed by atoms with Gasteiger partial charge in [0.2, 0.25) is 0 Å². The maximum Gasteiger partial charge on any atom is 0.0478 e. The zero-order valence-corrected chi connectivity index (χ0v) is 34.2. The molecule has 1 aromatic carbocycles. The first kappa shape index (κ1) is 32.7. The zero-order valence-electron chi connectivity index (χ0n) is 27.7. The molecule has 0 amide bonds. The largest absolute Gasteiger partial charge is 0.143 e. The summed E-state index contributed by atoms with van der Waals surface area (Å²) in [6.45, 7) is 8.90. The second-order valence-corrected chi connectivity index (χ2v) is 20.6. The van der Waals surface area contributed by atoms with Crippen LogP contribution in [0.4, 0.5) is 0 Å². The second kappa shape index (κ2) is 13.4. The maximum atomic E-state index is 2.36. The Morgan fingerprint density at radius 3 is 0.920 bits per heavy atom. The monoisotopic (exact) mass is 790 g/mol.